The fourth-order valence-corrected chi connectivity index (χ4v) is 3.57. The highest BCUT2D eigenvalue weighted by Crippen LogP contribution is 2.23. The second-order valence-electron chi connectivity index (χ2n) is 4.64. The maximum Gasteiger partial charge on any atom is 0.239 e. The highest BCUT2D eigenvalue weighted by molar-refractivity contribution is 9.11. The van der Waals surface area contributed by atoms with Crippen molar-refractivity contribution in [1.29, 1.82) is 0 Å². The van der Waals surface area contributed by atoms with E-state index in [1.165, 1.54) is 0 Å². The summed E-state index contributed by atoms with van der Waals surface area (Å²) in [4.78, 5) is 17.5. The molecule has 0 radical (unpaired) electrons. The largest absolute Gasteiger partial charge is 0.339 e. The molecule has 0 bridgehead atoms. The molecule has 4 nitrogen and oxygen atoms in total. The van der Waals surface area contributed by atoms with Crippen LogP contribution in [0.1, 0.15) is 4.88 Å². The quantitative estimate of drug-likeness (QED) is 0.904. The summed E-state index contributed by atoms with van der Waals surface area (Å²) in [6, 6.07) is 3.60. The van der Waals surface area contributed by atoms with E-state index in [2.05, 4.69) is 27.9 Å². The fraction of sp³-hybridized carbons (Fsp3) is 0.583. The summed E-state index contributed by atoms with van der Waals surface area (Å²) in [6.45, 7) is 3.44. The molecule has 2 rings (SSSR count). The van der Waals surface area contributed by atoms with Crippen LogP contribution >= 0.6 is 27.3 Å². The van der Waals surface area contributed by atoms with Crippen molar-refractivity contribution in [2.45, 2.75) is 12.5 Å². The summed E-state index contributed by atoms with van der Waals surface area (Å²) < 4.78 is 1.08. The van der Waals surface area contributed by atoms with Gasteiger partial charge in [-0.2, -0.15) is 0 Å². The van der Waals surface area contributed by atoms with Crippen molar-refractivity contribution < 1.29 is 4.79 Å². The van der Waals surface area contributed by atoms with Crippen molar-refractivity contribution in [3.63, 3.8) is 0 Å². The SMILES string of the molecule is CN1CCN(C(=O)C(N)Cc2ccc(Br)s2)CC1. The maximum absolute atomic E-state index is 12.2. The van der Waals surface area contributed by atoms with E-state index < -0.39 is 6.04 Å². The molecule has 1 aromatic rings. The fourth-order valence-electron chi connectivity index (χ4n) is 2.03. The van der Waals surface area contributed by atoms with Crippen molar-refractivity contribution in [2.75, 3.05) is 33.2 Å². The van der Waals surface area contributed by atoms with Crippen LogP contribution in [0, 0.1) is 0 Å². The van der Waals surface area contributed by atoms with Gasteiger partial charge in [0.2, 0.25) is 5.91 Å². The zero-order valence-corrected chi connectivity index (χ0v) is 12.8. The molecule has 100 valence electrons. The van der Waals surface area contributed by atoms with E-state index in [-0.39, 0.29) is 5.91 Å². The molecule has 6 heteroatoms. The normalized spacial score (nSPS) is 18.9. The van der Waals surface area contributed by atoms with E-state index in [0.29, 0.717) is 6.42 Å². The third-order valence-corrected chi connectivity index (χ3v) is 4.83. The third kappa shape index (κ3) is 3.54. The van der Waals surface area contributed by atoms with Gasteiger partial charge in [0, 0.05) is 37.5 Å². The smallest absolute Gasteiger partial charge is 0.239 e. The van der Waals surface area contributed by atoms with Crippen molar-refractivity contribution in [1.82, 2.24) is 9.80 Å². The van der Waals surface area contributed by atoms with Crippen LogP contribution < -0.4 is 5.73 Å². The number of thiophene rings is 1. The lowest BCUT2D eigenvalue weighted by Crippen LogP contribution is -2.52. The number of halogens is 1. The van der Waals surface area contributed by atoms with Gasteiger partial charge in [-0.15, -0.1) is 11.3 Å². The van der Waals surface area contributed by atoms with Gasteiger partial charge in [-0.1, -0.05) is 0 Å². The third-order valence-electron chi connectivity index (χ3n) is 3.18. The molecule has 1 aliphatic heterocycles. The summed E-state index contributed by atoms with van der Waals surface area (Å²) >= 11 is 5.06. The van der Waals surface area contributed by atoms with Crippen LogP contribution in [-0.4, -0.2) is 55.0 Å². The number of piperazine rings is 1. The van der Waals surface area contributed by atoms with Crippen LogP contribution in [0.15, 0.2) is 15.9 Å². The number of nitrogens with zero attached hydrogens (tertiary/aromatic N) is 2. The van der Waals surface area contributed by atoms with Gasteiger partial charge in [0.05, 0.1) is 9.83 Å². The summed E-state index contributed by atoms with van der Waals surface area (Å²) in [7, 11) is 2.07. The topological polar surface area (TPSA) is 49.6 Å². The molecule has 1 aliphatic rings. The van der Waals surface area contributed by atoms with Crippen LogP contribution in [0.5, 0.6) is 0 Å². The minimum atomic E-state index is -0.418. The molecule has 2 N–H and O–H groups in total. The molecule has 0 aromatic carbocycles. The van der Waals surface area contributed by atoms with Crippen LogP contribution in [0.25, 0.3) is 0 Å². The molecule has 1 fully saturated rings. The van der Waals surface area contributed by atoms with Crippen molar-refractivity contribution in [3.05, 3.63) is 20.8 Å². The van der Waals surface area contributed by atoms with Gasteiger partial charge in [-0.05, 0) is 35.1 Å². The maximum atomic E-state index is 12.2. The first-order valence-corrected chi connectivity index (χ1v) is 7.64. The Labute approximate surface area is 120 Å². The second-order valence-corrected chi connectivity index (χ2v) is 7.19. The number of rotatable bonds is 3. The van der Waals surface area contributed by atoms with Gasteiger partial charge in [0.25, 0.3) is 0 Å². The van der Waals surface area contributed by atoms with Gasteiger partial charge in [0.15, 0.2) is 0 Å². The monoisotopic (exact) mass is 331 g/mol. The highest BCUT2D eigenvalue weighted by Gasteiger charge is 2.24. The molecular formula is C12H18BrN3OS. The molecule has 2 heterocycles. The number of likely N-dealkylation sites (N-methyl/N-ethyl adjacent to an activating group) is 1. The van der Waals surface area contributed by atoms with Crippen molar-refractivity contribution in [3.8, 4) is 0 Å². The van der Waals surface area contributed by atoms with Crippen molar-refractivity contribution >= 4 is 33.2 Å². The molecule has 0 saturated carbocycles. The van der Waals surface area contributed by atoms with Crippen LogP contribution in [0.3, 0.4) is 0 Å². The van der Waals surface area contributed by atoms with E-state index in [1.54, 1.807) is 11.3 Å². The molecule has 1 saturated heterocycles. The standard InChI is InChI=1S/C12H18BrN3OS/c1-15-4-6-16(7-5-15)12(17)10(14)8-9-2-3-11(13)18-9/h2-3,10H,4-8,14H2,1H3. The number of nitrogens with two attached hydrogens (primary N) is 1. The lowest BCUT2D eigenvalue weighted by molar-refractivity contribution is -0.134. The summed E-state index contributed by atoms with van der Waals surface area (Å²) in [6.07, 6.45) is 0.626. The number of hydrogen-bond acceptors (Lipinski definition) is 4. The second kappa shape index (κ2) is 6.14. The van der Waals surface area contributed by atoms with E-state index in [1.807, 2.05) is 17.0 Å². The molecule has 18 heavy (non-hydrogen) atoms. The Morgan fingerprint density at radius 1 is 1.44 bits per heavy atom. The van der Waals surface area contributed by atoms with Gasteiger partial charge >= 0.3 is 0 Å². The van der Waals surface area contributed by atoms with Gasteiger partial charge in [0.1, 0.15) is 0 Å². The van der Waals surface area contributed by atoms with E-state index in [9.17, 15) is 4.79 Å². The summed E-state index contributed by atoms with van der Waals surface area (Å²) in [5.74, 6) is 0.0765. The van der Waals surface area contributed by atoms with Crippen LogP contribution in [0.2, 0.25) is 0 Å². The zero-order valence-electron chi connectivity index (χ0n) is 10.4. The van der Waals surface area contributed by atoms with Gasteiger partial charge in [-0.3, -0.25) is 4.79 Å². The number of carbonyl (C=O) groups excluding carboxylic acids is 1. The van der Waals surface area contributed by atoms with Gasteiger partial charge < -0.3 is 15.5 Å². The number of amides is 1. The van der Waals surface area contributed by atoms with E-state index in [4.69, 9.17) is 5.73 Å². The Hall–Kier alpha value is -0.430. The first-order valence-electron chi connectivity index (χ1n) is 6.03. The molecule has 1 amide bonds. The average Bonchev–Trinajstić information content (AvgIpc) is 2.75. The predicted octanol–water partition coefficient (Wildman–Crippen LogP) is 1.15. The van der Waals surface area contributed by atoms with E-state index in [0.717, 1.165) is 34.8 Å². The Balaban J connectivity index is 1.88. The molecular weight excluding hydrogens is 314 g/mol. The van der Waals surface area contributed by atoms with Gasteiger partial charge in [-0.25, -0.2) is 0 Å². The summed E-state index contributed by atoms with van der Waals surface area (Å²) in [5.41, 5.74) is 6.01. The average molecular weight is 332 g/mol. The first kappa shape index (κ1) is 14.0. The molecule has 0 aliphatic carbocycles. The molecule has 1 unspecified atom stereocenters. The Morgan fingerprint density at radius 2 is 2.11 bits per heavy atom. The Morgan fingerprint density at radius 3 is 2.67 bits per heavy atom. The van der Waals surface area contributed by atoms with E-state index >= 15 is 0 Å². The molecule has 1 atom stereocenters. The highest BCUT2D eigenvalue weighted by atomic mass is 79.9. The van der Waals surface area contributed by atoms with Crippen LogP contribution in [0.4, 0.5) is 0 Å². The molecule has 0 spiro atoms. The predicted molar refractivity (Wildman–Crippen MR) is 77.8 cm³/mol. The Kier molecular flexibility index (Phi) is 4.77. The first-order chi connectivity index (χ1) is 8.56. The van der Waals surface area contributed by atoms with Crippen molar-refractivity contribution in [2.24, 2.45) is 5.73 Å². The lowest BCUT2D eigenvalue weighted by Gasteiger charge is -2.33. The number of hydrogen-bond donors (Lipinski definition) is 1. The Bertz CT molecular complexity index is 415. The minimum Gasteiger partial charge on any atom is -0.339 e. The minimum absolute atomic E-state index is 0.0765. The zero-order chi connectivity index (χ0) is 13.1. The van der Waals surface area contributed by atoms with Crippen LogP contribution in [-0.2, 0) is 11.2 Å². The number of carbonyl (C=O) groups is 1. The molecule has 1 aromatic heterocycles. The summed E-state index contributed by atoms with van der Waals surface area (Å²) in [5, 5.41) is 0. The lowest BCUT2D eigenvalue weighted by atomic mass is 10.1.